The van der Waals surface area contributed by atoms with Crippen LogP contribution in [0.2, 0.25) is 5.02 Å². The van der Waals surface area contributed by atoms with Gasteiger partial charge in [-0.2, -0.15) is 0 Å². The maximum atomic E-state index is 5.98. The maximum absolute atomic E-state index is 5.98. The molecule has 0 spiro atoms. The zero-order valence-electron chi connectivity index (χ0n) is 11.9. The highest BCUT2D eigenvalue weighted by atomic mass is 35.5. The van der Waals surface area contributed by atoms with E-state index in [1.165, 1.54) is 18.4 Å². The number of nitrogens with one attached hydrogen (secondary N) is 1. The van der Waals surface area contributed by atoms with Gasteiger partial charge in [-0.05, 0) is 48.8 Å². The molecule has 19 heavy (non-hydrogen) atoms. The number of halogens is 1. The van der Waals surface area contributed by atoms with Crippen LogP contribution in [0.4, 0.5) is 0 Å². The van der Waals surface area contributed by atoms with E-state index in [1.807, 2.05) is 12.1 Å². The summed E-state index contributed by atoms with van der Waals surface area (Å²) >= 11 is 5.98. The van der Waals surface area contributed by atoms with E-state index in [-0.39, 0.29) is 0 Å². The van der Waals surface area contributed by atoms with Crippen molar-refractivity contribution in [1.82, 2.24) is 5.32 Å². The minimum absolute atomic E-state index is 0.535. The topological polar surface area (TPSA) is 21.3 Å². The summed E-state index contributed by atoms with van der Waals surface area (Å²) in [6.45, 7) is 4.19. The predicted molar refractivity (Wildman–Crippen MR) is 80.9 cm³/mol. The van der Waals surface area contributed by atoms with Crippen LogP contribution in [0.5, 0.6) is 0 Å². The molecule has 0 bridgehead atoms. The molecule has 2 atom stereocenters. The van der Waals surface area contributed by atoms with Gasteiger partial charge in [0, 0.05) is 31.3 Å². The van der Waals surface area contributed by atoms with Crippen LogP contribution in [-0.2, 0) is 4.74 Å². The lowest BCUT2D eigenvalue weighted by Gasteiger charge is -2.25. The van der Waals surface area contributed by atoms with Gasteiger partial charge in [0.15, 0.2) is 0 Å². The number of rotatable bonds is 8. The monoisotopic (exact) mass is 281 g/mol. The zero-order chi connectivity index (χ0) is 13.7. The lowest BCUT2D eigenvalue weighted by atomic mass is 9.85. The standard InChI is InChI=1S/C16H24ClNO/c1-12(9-10-19-2)16(11-18-15-7-8-15)13-3-5-14(17)6-4-13/h3-6,12,15-16,18H,7-11H2,1-2H3. The van der Waals surface area contributed by atoms with Crippen molar-refractivity contribution in [2.75, 3.05) is 20.3 Å². The fourth-order valence-electron chi connectivity index (χ4n) is 2.44. The largest absolute Gasteiger partial charge is 0.385 e. The average molecular weight is 282 g/mol. The molecule has 0 amide bonds. The van der Waals surface area contributed by atoms with E-state index in [2.05, 4.69) is 24.4 Å². The minimum atomic E-state index is 0.535. The molecule has 0 aromatic heterocycles. The normalized spacial score (nSPS) is 18.3. The van der Waals surface area contributed by atoms with Crippen molar-refractivity contribution in [2.45, 2.75) is 38.1 Å². The van der Waals surface area contributed by atoms with Gasteiger partial charge < -0.3 is 10.1 Å². The Labute approximate surface area is 121 Å². The van der Waals surface area contributed by atoms with Gasteiger partial charge in [0.05, 0.1) is 0 Å². The van der Waals surface area contributed by atoms with E-state index in [0.717, 1.165) is 30.6 Å². The molecule has 2 nitrogen and oxygen atoms in total. The van der Waals surface area contributed by atoms with Crippen LogP contribution in [0.1, 0.15) is 37.7 Å². The summed E-state index contributed by atoms with van der Waals surface area (Å²) in [7, 11) is 1.77. The van der Waals surface area contributed by atoms with E-state index < -0.39 is 0 Å². The van der Waals surface area contributed by atoms with E-state index in [1.54, 1.807) is 7.11 Å². The van der Waals surface area contributed by atoms with Crippen molar-refractivity contribution in [1.29, 1.82) is 0 Å². The van der Waals surface area contributed by atoms with Gasteiger partial charge in [0.1, 0.15) is 0 Å². The smallest absolute Gasteiger partial charge is 0.0465 e. The van der Waals surface area contributed by atoms with E-state index in [9.17, 15) is 0 Å². The molecule has 106 valence electrons. The molecule has 2 rings (SSSR count). The Morgan fingerprint density at radius 3 is 2.58 bits per heavy atom. The summed E-state index contributed by atoms with van der Waals surface area (Å²) in [6, 6.07) is 9.05. The Kier molecular flexibility index (Phi) is 5.68. The molecular weight excluding hydrogens is 258 g/mol. The van der Waals surface area contributed by atoms with Crippen LogP contribution in [-0.4, -0.2) is 26.3 Å². The van der Waals surface area contributed by atoms with Gasteiger partial charge in [0.25, 0.3) is 0 Å². The summed E-state index contributed by atoms with van der Waals surface area (Å²) in [5.74, 6) is 1.14. The molecule has 1 N–H and O–H groups in total. The van der Waals surface area contributed by atoms with Crippen molar-refractivity contribution < 1.29 is 4.74 Å². The molecule has 1 saturated carbocycles. The van der Waals surface area contributed by atoms with Crippen molar-refractivity contribution >= 4 is 11.6 Å². The summed E-state index contributed by atoms with van der Waals surface area (Å²) in [6.07, 6.45) is 3.76. The molecule has 1 aliphatic carbocycles. The van der Waals surface area contributed by atoms with Crippen LogP contribution in [0.3, 0.4) is 0 Å². The van der Waals surface area contributed by atoms with Crippen LogP contribution >= 0.6 is 11.6 Å². The summed E-state index contributed by atoms with van der Waals surface area (Å²) in [5.41, 5.74) is 1.38. The van der Waals surface area contributed by atoms with Gasteiger partial charge in [-0.15, -0.1) is 0 Å². The predicted octanol–water partition coefficient (Wildman–Crippen LogP) is 3.85. The van der Waals surface area contributed by atoms with Crippen molar-refractivity contribution in [3.63, 3.8) is 0 Å². The second kappa shape index (κ2) is 7.28. The van der Waals surface area contributed by atoms with Gasteiger partial charge >= 0.3 is 0 Å². The summed E-state index contributed by atoms with van der Waals surface area (Å²) in [5, 5.41) is 4.46. The molecule has 1 fully saturated rings. The van der Waals surface area contributed by atoms with Crippen LogP contribution < -0.4 is 5.32 Å². The Bertz CT molecular complexity index is 375. The first-order valence-electron chi connectivity index (χ1n) is 7.18. The van der Waals surface area contributed by atoms with E-state index in [4.69, 9.17) is 16.3 Å². The number of hydrogen-bond donors (Lipinski definition) is 1. The number of ether oxygens (including phenoxy) is 1. The molecule has 0 heterocycles. The molecular formula is C16H24ClNO. The Hall–Kier alpha value is -0.570. The molecule has 0 aliphatic heterocycles. The Balaban J connectivity index is 2.00. The van der Waals surface area contributed by atoms with Crippen molar-refractivity contribution in [2.24, 2.45) is 5.92 Å². The lowest BCUT2D eigenvalue weighted by Crippen LogP contribution is -2.27. The van der Waals surface area contributed by atoms with Gasteiger partial charge in [-0.25, -0.2) is 0 Å². The molecule has 1 aromatic carbocycles. The Morgan fingerprint density at radius 2 is 2.00 bits per heavy atom. The van der Waals surface area contributed by atoms with Crippen molar-refractivity contribution in [3.05, 3.63) is 34.9 Å². The number of methoxy groups -OCH3 is 1. The number of benzene rings is 1. The van der Waals surface area contributed by atoms with Gasteiger partial charge in [0.2, 0.25) is 0 Å². The highest BCUT2D eigenvalue weighted by Gasteiger charge is 2.25. The van der Waals surface area contributed by atoms with Crippen molar-refractivity contribution in [3.8, 4) is 0 Å². The van der Waals surface area contributed by atoms with Crippen LogP contribution in [0, 0.1) is 5.92 Å². The van der Waals surface area contributed by atoms with Gasteiger partial charge in [-0.1, -0.05) is 30.7 Å². The first kappa shape index (κ1) is 14.8. The zero-order valence-corrected chi connectivity index (χ0v) is 12.6. The SMILES string of the molecule is COCCC(C)C(CNC1CC1)c1ccc(Cl)cc1. The first-order valence-corrected chi connectivity index (χ1v) is 7.56. The number of hydrogen-bond acceptors (Lipinski definition) is 2. The van der Waals surface area contributed by atoms with E-state index >= 15 is 0 Å². The lowest BCUT2D eigenvalue weighted by molar-refractivity contribution is 0.173. The Morgan fingerprint density at radius 1 is 1.32 bits per heavy atom. The molecule has 0 saturated heterocycles. The van der Waals surface area contributed by atoms with Crippen LogP contribution in [0.15, 0.2) is 24.3 Å². The third-order valence-corrected chi connectivity index (χ3v) is 4.22. The fraction of sp³-hybridized carbons (Fsp3) is 0.625. The highest BCUT2D eigenvalue weighted by Crippen LogP contribution is 2.29. The third kappa shape index (κ3) is 4.79. The van der Waals surface area contributed by atoms with Crippen LogP contribution in [0.25, 0.3) is 0 Å². The average Bonchev–Trinajstić information content (AvgIpc) is 3.22. The molecule has 3 heteroatoms. The molecule has 2 unspecified atom stereocenters. The highest BCUT2D eigenvalue weighted by molar-refractivity contribution is 6.30. The minimum Gasteiger partial charge on any atom is -0.385 e. The second-order valence-corrected chi connectivity index (χ2v) is 6.04. The van der Waals surface area contributed by atoms with Gasteiger partial charge in [-0.3, -0.25) is 0 Å². The second-order valence-electron chi connectivity index (χ2n) is 5.60. The van der Waals surface area contributed by atoms with E-state index in [0.29, 0.717) is 11.8 Å². The fourth-order valence-corrected chi connectivity index (χ4v) is 2.57. The quantitative estimate of drug-likeness (QED) is 0.781. The molecule has 1 aromatic rings. The maximum Gasteiger partial charge on any atom is 0.0465 e. The summed E-state index contributed by atoms with van der Waals surface area (Å²) in [4.78, 5) is 0. The molecule has 1 aliphatic rings. The third-order valence-electron chi connectivity index (χ3n) is 3.97. The first-order chi connectivity index (χ1) is 9.20. The molecule has 0 radical (unpaired) electrons. The summed E-state index contributed by atoms with van der Waals surface area (Å²) < 4.78 is 5.21.